The maximum atomic E-state index is 12.1. The Labute approximate surface area is 119 Å². The molecule has 0 radical (unpaired) electrons. The number of benzene rings is 3. The van der Waals surface area contributed by atoms with Crippen molar-refractivity contribution < 1.29 is 14.4 Å². The Bertz CT molecular complexity index is 972. The van der Waals surface area contributed by atoms with E-state index in [2.05, 4.69) is 5.32 Å². The van der Waals surface area contributed by atoms with Gasteiger partial charge in [-0.3, -0.25) is 19.7 Å². The van der Waals surface area contributed by atoms with Gasteiger partial charge in [-0.15, -0.1) is 0 Å². The number of hydrogen-bond acceptors (Lipinski definition) is 3. The summed E-state index contributed by atoms with van der Waals surface area (Å²) in [7, 11) is 0. The Hall–Kier alpha value is -3.01. The second-order valence-electron chi connectivity index (χ2n) is 4.98. The molecule has 0 bridgehead atoms. The summed E-state index contributed by atoms with van der Waals surface area (Å²) >= 11 is 0. The topological polar surface area (TPSA) is 63.2 Å². The minimum atomic E-state index is -0.868. The van der Waals surface area contributed by atoms with Gasteiger partial charge in [-0.25, -0.2) is 0 Å². The minimum Gasteiger partial charge on any atom is -0.285 e. The molecule has 2 amide bonds. The van der Waals surface area contributed by atoms with E-state index >= 15 is 0 Å². The van der Waals surface area contributed by atoms with E-state index in [1.165, 1.54) is 0 Å². The number of hydrogen-bond donors (Lipinski definition) is 1. The molecule has 0 fully saturated rings. The number of amides is 2. The molecule has 1 aliphatic rings. The van der Waals surface area contributed by atoms with E-state index in [9.17, 15) is 14.4 Å². The molecule has 0 atom stereocenters. The van der Waals surface area contributed by atoms with E-state index in [0.717, 1.165) is 16.2 Å². The summed E-state index contributed by atoms with van der Waals surface area (Å²) in [6.07, 6.45) is 0. The fourth-order valence-corrected chi connectivity index (χ4v) is 2.87. The van der Waals surface area contributed by atoms with Crippen LogP contribution in [0.3, 0.4) is 0 Å². The highest BCUT2D eigenvalue weighted by molar-refractivity contribution is 6.50. The largest absolute Gasteiger partial charge is 0.299 e. The van der Waals surface area contributed by atoms with E-state index in [4.69, 9.17) is 0 Å². The predicted molar refractivity (Wildman–Crippen MR) is 78.3 cm³/mol. The average Bonchev–Trinajstić information content (AvgIpc) is 2.51. The number of rotatable bonds is 0. The fourth-order valence-electron chi connectivity index (χ4n) is 2.87. The number of Topliss-reactive ketones (excluding diaryl/α,β-unsaturated/α-hetero) is 1. The molecule has 4 rings (SSSR count). The van der Waals surface area contributed by atoms with Crippen LogP contribution in [0.2, 0.25) is 0 Å². The second-order valence-corrected chi connectivity index (χ2v) is 4.98. The van der Waals surface area contributed by atoms with Gasteiger partial charge < -0.3 is 0 Å². The molecule has 3 aromatic rings. The lowest BCUT2D eigenvalue weighted by Crippen LogP contribution is -2.42. The number of ketones is 1. The van der Waals surface area contributed by atoms with Gasteiger partial charge in [0, 0.05) is 5.56 Å². The molecule has 4 heteroatoms. The van der Waals surface area contributed by atoms with Crippen molar-refractivity contribution in [2.75, 3.05) is 0 Å². The van der Waals surface area contributed by atoms with Crippen molar-refractivity contribution in [3.05, 3.63) is 59.7 Å². The van der Waals surface area contributed by atoms with Crippen molar-refractivity contribution in [2.45, 2.75) is 0 Å². The first-order valence-corrected chi connectivity index (χ1v) is 6.51. The molecule has 0 aliphatic carbocycles. The molecule has 0 spiro atoms. The Balaban J connectivity index is 2.18. The van der Waals surface area contributed by atoms with Crippen LogP contribution in [0, 0.1) is 0 Å². The first kappa shape index (κ1) is 11.8. The monoisotopic (exact) mass is 275 g/mol. The summed E-state index contributed by atoms with van der Waals surface area (Å²) in [5, 5.41) is 5.74. The molecule has 1 aliphatic heterocycles. The molecule has 21 heavy (non-hydrogen) atoms. The van der Waals surface area contributed by atoms with Gasteiger partial charge in [-0.1, -0.05) is 42.5 Å². The van der Waals surface area contributed by atoms with Crippen molar-refractivity contribution in [1.82, 2.24) is 5.32 Å². The minimum absolute atomic E-state index is 0.173. The molecular formula is C17H9NO3. The molecular weight excluding hydrogens is 266 g/mol. The van der Waals surface area contributed by atoms with Gasteiger partial charge in [-0.2, -0.15) is 0 Å². The third kappa shape index (κ3) is 1.53. The standard InChI is InChI=1S/C17H9NO3/c19-15-13-8-7-11-10-4-2-1-3-9(10)5-6-12(11)14(13)16(20)18-17(15)21/h1-8H,(H,18,20,21). The van der Waals surface area contributed by atoms with Crippen molar-refractivity contribution in [3.8, 4) is 0 Å². The van der Waals surface area contributed by atoms with Crippen LogP contribution < -0.4 is 5.32 Å². The zero-order valence-electron chi connectivity index (χ0n) is 10.8. The smallest absolute Gasteiger partial charge is 0.285 e. The van der Waals surface area contributed by atoms with Crippen molar-refractivity contribution in [1.29, 1.82) is 0 Å². The van der Waals surface area contributed by atoms with Crippen LogP contribution in [0.4, 0.5) is 0 Å². The van der Waals surface area contributed by atoms with E-state index in [1.54, 1.807) is 12.1 Å². The number of carbonyl (C=O) groups excluding carboxylic acids is 3. The van der Waals surface area contributed by atoms with Crippen molar-refractivity contribution in [2.24, 2.45) is 0 Å². The maximum absolute atomic E-state index is 12.1. The molecule has 0 saturated heterocycles. The molecule has 1 heterocycles. The Morgan fingerprint density at radius 1 is 0.667 bits per heavy atom. The third-order valence-corrected chi connectivity index (χ3v) is 3.83. The predicted octanol–water partition coefficient (Wildman–Crippen LogP) is 2.45. The lowest BCUT2D eigenvalue weighted by Gasteiger charge is -2.17. The third-order valence-electron chi connectivity index (χ3n) is 3.83. The second kappa shape index (κ2) is 3.99. The van der Waals surface area contributed by atoms with Gasteiger partial charge >= 0.3 is 0 Å². The summed E-state index contributed by atoms with van der Waals surface area (Å²) < 4.78 is 0. The fraction of sp³-hybridized carbons (Fsp3) is 0. The van der Waals surface area contributed by atoms with Crippen LogP contribution in [0.25, 0.3) is 21.5 Å². The molecule has 0 unspecified atom stereocenters. The van der Waals surface area contributed by atoms with Crippen molar-refractivity contribution in [3.63, 3.8) is 0 Å². The highest BCUT2D eigenvalue weighted by Crippen LogP contribution is 2.30. The quantitative estimate of drug-likeness (QED) is 0.389. The Morgan fingerprint density at radius 2 is 1.43 bits per heavy atom. The van der Waals surface area contributed by atoms with Gasteiger partial charge in [0.1, 0.15) is 0 Å². The zero-order chi connectivity index (χ0) is 14.6. The first-order chi connectivity index (χ1) is 10.2. The molecule has 0 aromatic heterocycles. The summed E-state index contributed by atoms with van der Waals surface area (Å²) in [6.45, 7) is 0. The van der Waals surface area contributed by atoms with E-state index in [0.29, 0.717) is 5.39 Å². The first-order valence-electron chi connectivity index (χ1n) is 6.51. The highest BCUT2D eigenvalue weighted by Gasteiger charge is 2.31. The van der Waals surface area contributed by atoms with Crippen LogP contribution >= 0.6 is 0 Å². The molecule has 4 nitrogen and oxygen atoms in total. The number of nitrogens with one attached hydrogen (secondary N) is 1. The highest BCUT2D eigenvalue weighted by atomic mass is 16.2. The van der Waals surface area contributed by atoms with E-state index in [1.807, 2.05) is 36.4 Å². The normalized spacial score (nSPS) is 14.4. The average molecular weight is 275 g/mol. The maximum Gasteiger partial charge on any atom is 0.299 e. The van der Waals surface area contributed by atoms with Gasteiger partial charge in [0.2, 0.25) is 0 Å². The number of imide groups is 1. The number of carbonyl (C=O) groups is 3. The van der Waals surface area contributed by atoms with Gasteiger partial charge in [0.05, 0.1) is 5.56 Å². The van der Waals surface area contributed by atoms with Gasteiger partial charge in [0.25, 0.3) is 17.6 Å². The van der Waals surface area contributed by atoms with Crippen LogP contribution in [0.15, 0.2) is 48.5 Å². The SMILES string of the molecule is O=C1NC(=O)c2c(ccc3c2ccc2ccccc23)C1=O. The molecule has 3 aromatic carbocycles. The van der Waals surface area contributed by atoms with Crippen LogP contribution in [0.5, 0.6) is 0 Å². The van der Waals surface area contributed by atoms with Gasteiger partial charge in [0.15, 0.2) is 0 Å². The van der Waals surface area contributed by atoms with Crippen LogP contribution in [-0.2, 0) is 4.79 Å². The summed E-state index contributed by atoms with van der Waals surface area (Å²) in [6, 6.07) is 14.9. The molecule has 100 valence electrons. The van der Waals surface area contributed by atoms with E-state index in [-0.39, 0.29) is 11.1 Å². The van der Waals surface area contributed by atoms with Gasteiger partial charge in [-0.05, 0) is 27.6 Å². The van der Waals surface area contributed by atoms with E-state index < -0.39 is 17.6 Å². The summed E-state index contributed by atoms with van der Waals surface area (Å²) in [4.78, 5) is 35.4. The Kier molecular flexibility index (Phi) is 2.24. The van der Waals surface area contributed by atoms with Crippen LogP contribution in [-0.4, -0.2) is 17.6 Å². The summed E-state index contributed by atoms with van der Waals surface area (Å²) in [5.74, 6) is -2.05. The molecule has 1 N–H and O–H groups in total. The van der Waals surface area contributed by atoms with Crippen LogP contribution in [0.1, 0.15) is 20.7 Å². The molecule has 0 saturated carbocycles. The lowest BCUT2D eigenvalue weighted by atomic mass is 9.91. The van der Waals surface area contributed by atoms with Crippen molar-refractivity contribution >= 4 is 39.1 Å². The zero-order valence-corrected chi connectivity index (χ0v) is 10.8. The lowest BCUT2D eigenvalue weighted by molar-refractivity contribution is -0.116. The summed E-state index contributed by atoms with van der Waals surface area (Å²) in [5.41, 5.74) is 0.453. The number of fused-ring (bicyclic) bond motifs is 5. The Morgan fingerprint density at radius 3 is 2.29 bits per heavy atom.